The lowest BCUT2D eigenvalue weighted by Crippen LogP contribution is -2.53. The summed E-state index contributed by atoms with van der Waals surface area (Å²) >= 11 is 0. The number of rotatable bonds is 21. The third kappa shape index (κ3) is 12.4. The molecule has 14 nitrogen and oxygen atoms in total. The molecule has 1 fully saturated rings. The predicted octanol–water partition coefficient (Wildman–Crippen LogP) is 4.38. The fourth-order valence-corrected chi connectivity index (χ4v) is 7.55. The largest absolute Gasteiger partial charge is 0.420 e. The maximum Gasteiger partial charge on any atom is 0.313 e. The SMILES string of the molecule is CCCNC(=O)C1=Cc2ccc(-c3cccc(S(=O)(=O)N4CC(CNC(=O)CCOCCOCCOCCC(=O)Oc5c(F)c(F)cc(F)c5F)C4)c3)cc2N=C(N)C1. The average Bonchev–Trinajstić information content (AvgIpc) is 3.36. The molecule has 5 rings (SSSR count). The molecule has 0 atom stereocenters. The number of nitrogens with one attached hydrogen (secondary N) is 2. The third-order valence-corrected chi connectivity index (χ3v) is 10.9. The van der Waals surface area contributed by atoms with Gasteiger partial charge in [0.15, 0.2) is 11.6 Å². The topological polar surface area (TPSA) is 188 Å². The number of carbonyl (C=O) groups is 3. The van der Waals surface area contributed by atoms with Crippen molar-refractivity contribution in [3.05, 3.63) is 82.9 Å². The minimum Gasteiger partial charge on any atom is -0.420 e. The zero-order chi connectivity index (χ0) is 42.5. The lowest BCUT2D eigenvalue weighted by Gasteiger charge is -2.38. The molecule has 0 spiro atoms. The Morgan fingerprint density at radius 2 is 1.49 bits per heavy atom. The van der Waals surface area contributed by atoms with E-state index in [4.69, 9.17) is 19.9 Å². The summed E-state index contributed by atoms with van der Waals surface area (Å²) < 4.78 is 102. The summed E-state index contributed by atoms with van der Waals surface area (Å²) in [7, 11) is -3.80. The summed E-state index contributed by atoms with van der Waals surface area (Å²) in [4.78, 5) is 41.3. The number of hydrogen-bond donors (Lipinski definition) is 3. The fourth-order valence-electron chi connectivity index (χ4n) is 5.92. The first-order chi connectivity index (χ1) is 28.3. The number of ether oxygens (including phenoxy) is 4. The lowest BCUT2D eigenvalue weighted by molar-refractivity contribution is -0.136. The number of amidine groups is 1. The van der Waals surface area contributed by atoms with Crippen molar-refractivity contribution >= 4 is 45.4 Å². The van der Waals surface area contributed by atoms with Crippen LogP contribution in [0.25, 0.3) is 17.2 Å². The van der Waals surface area contributed by atoms with E-state index < -0.39 is 51.4 Å². The number of aliphatic imine (C=N–C) groups is 1. The molecule has 19 heteroatoms. The van der Waals surface area contributed by atoms with Crippen LogP contribution in [0.3, 0.4) is 0 Å². The number of hydrogen-bond acceptors (Lipinski definition) is 11. The van der Waals surface area contributed by atoms with Gasteiger partial charge in [0.2, 0.25) is 39.2 Å². The summed E-state index contributed by atoms with van der Waals surface area (Å²) in [5, 5.41) is 5.67. The number of halogens is 4. The zero-order valence-electron chi connectivity index (χ0n) is 32.2. The van der Waals surface area contributed by atoms with E-state index in [-0.39, 0.29) is 94.3 Å². The number of esters is 1. The van der Waals surface area contributed by atoms with Gasteiger partial charge in [0.25, 0.3) is 0 Å². The van der Waals surface area contributed by atoms with Crippen LogP contribution in [0.15, 0.2) is 64.0 Å². The van der Waals surface area contributed by atoms with Crippen LogP contribution in [0.5, 0.6) is 5.75 Å². The first kappa shape index (κ1) is 44.9. The maximum absolute atomic E-state index is 13.6. The highest BCUT2D eigenvalue weighted by atomic mass is 32.2. The number of nitrogens with two attached hydrogens (primary N) is 1. The Kier molecular flexibility index (Phi) is 16.1. The van der Waals surface area contributed by atoms with E-state index in [0.29, 0.717) is 35.7 Å². The van der Waals surface area contributed by atoms with Crippen LogP contribution in [0.4, 0.5) is 23.2 Å². The Morgan fingerprint density at radius 3 is 2.17 bits per heavy atom. The highest BCUT2D eigenvalue weighted by Gasteiger charge is 2.37. The number of nitrogens with zero attached hydrogens (tertiary/aromatic N) is 2. The second kappa shape index (κ2) is 21.2. The highest BCUT2D eigenvalue weighted by Crippen LogP contribution is 2.34. The lowest BCUT2D eigenvalue weighted by atomic mass is 10.0. The van der Waals surface area contributed by atoms with Gasteiger partial charge < -0.3 is 35.3 Å². The Bertz CT molecular complexity index is 2160. The van der Waals surface area contributed by atoms with E-state index >= 15 is 0 Å². The molecule has 59 heavy (non-hydrogen) atoms. The first-order valence-electron chi connectivity index (χ1n) is 18.9. The molecule has 2 aliphatic rings. The third-order valence-electron chi connectivity index (χ3n) is 9.10. The van der Waals surface area contributed by atoms with E-state index in [9.17, 15) is 40.4 Å². The van der Waals surface area contributed by atoms with Crippen LogP contribution in [-0.4, -0.2) is 102 Å². The van der Waals surface area contributed by atoms with Crippen LogP contribution in [0.1, 0.15) is 38.2 Å². The molecule has 3 aromatic carbocycles. The molecule has 0 aromatic heterocycles. The summed E-state index contributed by atoms with van der Waals surface area (Å²) in [6, 6.07) is 12.1. The number of amides is 2. The molecule has 4 N–H and O–H groups in total. The molecule has 0 aliphatic carbocycles. The molecule has 2 aliphatic heterocycles. The summed E-state index contributed by atoms with van der Waals surface area (Å²) in [6.45, 7) is 3.79. The summed E-state index contributed by atoms with van der Waals surface area (Å²) in [5.41, 5.74) is 9.36. The van der Waals surface area contributed by atoms with Crippen molar-refractivity contribution in [3.63, 3.8) is 0 Å². The van der Waals surface area contributed by atoms with Gasteiger partial charge in [0.1, 0.15) is 5.84 Å². The molecule has 0 unspecified atom stereocenters. The van der Waals surface area contributed by atoms with Gasteiger partial charge >= 0.3 is 5.97 Å². The summed E-state index contributed by atoms with van der Waals surface area (Å²) in [5.74, 6) is -9.87. The Balaban J connectivity index is 0.944. The van der Waals surface area contributed by atoms with Gasteiger partial charge in [-0.25, -0.2) is 22.2 Å². The van der Waals surface area contributed by atoms with Crippen LogP contribution in [-0.2, 0) is 38.6 Å². The highest BCUT2D eigenvalue weighted by molar-refractivity contribution is 7.89. The van der Waals surface area contributed by atoms with Crippen molar-refractivity contribution in [2.75, 3.05) is 65.8 Å². The molecule has 1 saturated heterocycles. The molecule has 3 aromatic rings. The minimum absolute atomic E-state index is 0.000403. The molecule has 0 bridgehead atoms. The fraction of sp³-hybridized carbons (Fsp3) is 0.400. The number of carbonyl (C=O) groups excluding carboxylic acids is 3. The first-order valence-corrected chi connectivity index (χ1v) is 20.3. The molecule has 2 heterocycles. The van der Waals surface area contributed by atoms with Gasteiger partial charge in [-0.2, -0.15) is 13.1 Å². The zero-order valence-corrected chi connectivity index (χ0v) is 33.1. The average molecular weight is 848 g/mol. The Hall–Kier alpha value is -5.21. The number of fused-ring (bicyclic) bond motifs is 1. The van der Waals surface area contributed by atoms with Crippen molar-refractivity contribution in [3.8, 4) is 16.9 Å². The van der Waals surface area contributed by atoms with Crippen molar-refractivity contribution in [2.45, 2.75) is 37.5 Å². The maximum atomic E-state index is 13.6. The van der Waals surface area contributed by atoms with Gasteiger partial charge in [0.05, 0.1) is 56.6 Å². The van der Waals surface area contributed by atoms with Crippen molar-refractivity contribution < 1.29 is 59.3 Å². The Labute approximate surface area is 338 Å². The van der Waals surface area contributed by atoms with Crippen LogP contribution < -0.4 is 21.1 Å². The standard InChI is InChI=1S/C40H45F4N5O9S/c1-2-10-46-40(52)29-17-28-7-6-27(19-33(28)48-34(45)20-29)26-4-3-5-30(18-26)59(53,54)49-23-25(24-49)22-47-35(50)8-11-55-13-15-57-16-14-56-12-9-36(51)58-39-37(43)31(41)21-32(42)38(39)44/h3-7,17-19,21,25H,2,8-16,20,22-24H2,1H3,(H2,45,48)(H,46,52)(H,47,50). The predicted molar refractivity (Wildman–Crippen MR) is 208 cm³/mol. The second-order valence-electron chi connectivity index (χ2n) is 13.6. The van der Waals surface area contributed by atoms with E-state index in [0.717, 1.165) is 17.5 Å². The van der Waals surface area contributed by atoms with Crippen molar-refractivity contribution in [1.29, 1.82) is 0 Å². The molecular weight excluding hydrogens is 803 g/mol. The van der Waals surface area contributed by atoms with Crippen molar-refractivity contribution in [1.82, 2.24) is 14.9 Å². The second-order valence-corrected chi connectivity index (χ2v) is 15.5. The van der Waals surface area contributed by atoms with Gasteiger partial charge in [-0.1, -0.05) is 31.2 Å². The smallest absolute Gasteiger partial charge is 0.313 e. The van der Waals surface area contributed by atoms with Crippen LogP contribution in [0.2, 0.25) is 0 Å². The van der Waals surface area contributed by atoms with Gasteiger partial charge in [0, 0.05) is 62.1 Å². The normalized spacial score (nSPS) is 14.4. The quantitative estimate of drug-likeness (QED) is 0.0457. The van der Waals surface area contributed by atoms with E-state index in [1.165, 1.54) is 10.4 Å². The summed E-state index contributed by atoms with van der Waals surface area (Å²) in [6.07, 6.45) is 2.43. The van der Waals surface area contributed by atoms with E-state index in [1.54, 1.807) is 24.3 Å². The van der Waals surface area contributed by atoms with Gasteiger partial charge in [-0.15, -0.1) is 0 Å². The molecule has 318 valence electrons. The van der Waals surface area contributed by atoms with Crippen LogP contribution in [0, 0.1) is 29.2 Å². The Morgan fingerprint density at radius 1 is 0.847 bits per heavy atom. The van der Waals surface area contributed by atoms with Gasteiger partial charge in [-0.05, 0) is 41.8 Å². The van der Waals surface area contributed by atoms with E-state index in [2.05, 4.69) is 20.4 Å². The number of benzene rings is 3. The van der Waals surface area contributed by atoms with Crippen molar-refractivity contribution in [2.24, 2.45) is 16.6 Å². The molecule has 0 radical (unpaired) electrons. The monoisotopic (exact) mass is 847 g/mol. The van der Waals surface area contributed by atoms with Crippen LogP contribution >= 0.6 is 0 Å². The molecule has 2 amide bonds. The molecule has 0 saturated carbocycles. The van der Waals surface area contributed by atoms with E-state index in [1.807, 2.05) is 25.1 Å². The molecular formula is C40H45F4N5O9S. The van der Waals surface area contributed by atoms with Gasteiger partial charge in [-0.3, -0.25) is 14.4 Å². The number of sulfonamides is 1. The minimum atomic E-state index is -3.80.